The van der Waals surface area contributed by atoms with Gasteiger partial charge in [-0.3, -0.25) is 4.98 Å². The number of hydrogen-bond donors (Lipinski definition) is 1. The molecule has 0 aliphatic rings. The highest BCUT2D eigenvalue weighted by Gasteiger charge is 2.07. The maximum atomic E-state index is 6.03. The average molecular weight is 318 g/mol. The van der Waals surface area contributed by atoms with E-state index >= 15 is 0 Å². The Bertz CT molecular complexity index is 590. The van der Waals surface area contributed by atoms with Crippen LogP contribution in [0.1, 0.15) is 11.3 Å². The highest BCUT2D eigenvalue weighted by Crippen LogP contribution is 2.34. The number of ether oxygens (including phenoxy) is 1. The maximum Gasteiger partial charge on any atom is 0.139 e. The lowest BCUT2D eigenvalue weighted by Gasteiger charge is -2.10. The van der Waals surface area contributed by atoms with Gasteiger partial charge in [0.1, 0.15) is 12.4 Å². The van der Waals surface area contributed by atoms with Gasteiger partial charge < -0.3 is 10.5 Å². The minimum Gasteiger partial charge on any atom is -0.487 e. The van der Waals surface area contributed by atoms with E-state index in [2.05, 4.69) is 4.98 Å². The van der Waals surface area contributed by atoms with Crippen LogP contribution in [-0.2, 0) is 13.2 Å². The second-order valence-electron chi connectivity index (χ2n) is 3.84. The molecule has 2 aromatic rings. The van der Waals surface area contributed by atoms with Crippen LogP contribution in [0.2, 0.25) is 15.1 Å². The molecule has 6 heteroatoms. The summed E-state index contributed by atoms with van der Waals surface area (Å²) in [5, 5.41) is 1.22. The van der Waals surface area contributed by atoms with Crippen LogP contribution >= 0.6 is 34.8 Å². The Morgan fingerprint density at radius 2 is 1.79 bits per heavy atom. The van der Waals surface area contributed by atoms with Crippen molar-refractivity contribution in [1.29, 1.82) is 0 Å². The molecule has 0 saturated heterocycles. The molecule has 1 aromatic heterocycles. The van der Waals surface area contributed by atoms with E-state index in [4.69, 9.17) is 45.3 Å². The van der Waals surface area contributed by atoms with Gasteiger partial charge in [0.25, 0.3) is 0 Å². The number of benzene rings is 1. The number of nitrogens with zero attached hydrogens (tertiary/aromatic N) is 1. The van der Waals surface area contributed by atoms with Crippen molar-refractivity contribution >= 4 is 34.8 Å². The molecule has 0 aliphatic carbocycles. The third kappa shape index (κ3) is 3.74. The molecule has 0 radical (unpaired) electrons. The standard InChI is InChI=1S/C13H11Cl3N2O/c14-10-4-12(16)13(5-11(10)15)19-7-8-1-2-18-9(3-8)6-17/h1-5H,6-7,17H2. The first-order valence-corrected chi connectivity index (χ1v) is 6.64. The van der Waals surface area contributed by atoms with Crippen LogP contribution in [-0.4, -0.2) is 4.98 Å². The predicted molar refractivity (Wildman–Crippen MR) is 77.9 cm³/mol. The van der Waals surface area contributed by atoms with Crippen molar-refractivity contribution in [3.8, 4) is 5.75 Å². The molecule has 19 heavy (non-hydrogen) atoms. The van der Waals surface area contributed by atoms with E-state index in [-0.39, 0.29) is 0 Å². The van der Waals surface area contributed by atoms with Gasteiger partial charge in [0.15, 0.2) is 0 Å². The Morgan fingerprint density at radius 3 is 2.53 bits per heavy atom. The van der Waals surface area contributed by atoms with Crippen LogP contribution in [0, 0.1) is 0 Å². The van der Waals surface area contributed by atoms with Crippen LogP contribution in [0.5, 0.6) is 5.75 Å². The summed E-state index contributed by atoms with van der Waals surface area (Å²) in [6.45, 7) is 0.745. The summed E-state index contributed by atoms with van der Waals surface area (Å²) in [7, 11) is 0. The first-order chi connectivity index (χ1) is 9.10. The Labute approximate surface area is 126 Å². The lowest BCUT2D eigenvalue weighted by molar-refractivity contribution is 0.306. The second-order valence-corrected chi connectivity index (χ2v) is 5.07. The summed E-state index contributed by atoms with van der Waals surface area (Å²) >= 11 is 17.8. The number of aromatic nitrogens is 1. The van der Waals surface area contributed by atoms with Gasteiger partial charge in [0.05, 0.1) is 20.8 Å². The van der Waals surface area contributed by atoms with Gasteiger partial charge in [-0.05, 0) is 23.8 Å². The molecule has 0 bridgehead atoms. The van der Waals surface area contributed by atoms with E-state index in [1.165, 1.54) is 0 Å². The van der Waals surface area contributed by atoms with Crippen LogP contribution in [0.4, 0.5) is 0 Å². The van der Waals surface area contributed by atoms with Crippen molar-refractivity contribution in [3.05, 3.63) is 56.8 Å². The molecule has 3 nitrogen and oxygen atoms in total. The molecule has 0 saturated carbocycles. The number of rotatable bonds is 4. The fourth-order valence-corrected chi connectivity index (χ4v) is 2.10. The zero-order valence-electron chi connectivity index (χ0n) is 9.87. The van der Waals surface area contributed by atoms with E-state index in [1.807, 2.05) is 12.1 Å². The van der Waals surface area contributed by atoms with Crippen molar-refractivity contribution in [3.63, 3.8) is 0 Å². The van der Waals surface area contributed by atoms with E-state index in [1.54, 1.807) is 18.3 Å². The second kappa shape index (κ2) is 6.44. The van der Waals surface area contributed by atoms with Crippen LogP contribution < -0.4 is 10.5 Å². The van der Waals surface area contributed by atoms with Crippen molar-refractivity contribution < 1.29 is 4.74 Å². The van der Waals surface area contributed by atoms with Crippen molar-refractivity contribution in [1.82, 2.24) is 4.98 Å². The van der Waals surface area contributed by atoms with Gasteiger partial charge in [0, 0.05) is 18.8 Å². The first-order valence-electron chi connectivity index (χ1n) is 5.51. The summed E-state index contributed by atoms with van der Waals surface area (Å²) in [4.78, 5) is 4.11. The Balaban J connectivity index is 2.12. The molecule has 0 unspecified atom stereocenters. The van der Waals surface area contributed by atoms with Gasteiger partial charge in [-0.1, -0.05) is 34.8 Å². The molecule has 0 aliphatic heterocycles. The topological polar surface area (TPSA) is 48.1 Å². The van der Waals surface area contributed by atoms with Crippen molar-refractivity contribution in [2.75, 3.05) is 0 Å². The summed E-state index contributed by atoms with van der Waals surface area (Å²) in [6.07, 6.45) is 1.69. The maximum absolute atomic E-state index is 6.03. The Morgan fingerprint density at radius 1 is 1.05 bits per heavy atom. The molecule has 2 rings (SSSR count). The smallest absolute Gasteiger partial charge is 0.139 e. The molecule has 0 amide bonds. The number of pyridine rings is 1. The molecule has 0 spiro atoms. The van der Waals surface area contributed by atoms with Crippen LogP contribution in [0.3, 0.4) is 0 Å². The number of halogens is 3. The fourth-order valence-electron chi connectivity index (χ4n) is 1.51. The normalized spacial score (nSPS) is 10.5. The zero-order valence-corrected chi connectivity index (χ0v) is 12.1. The summed E-state index contributed by atoms with van der Waals surface area (Å²) in [6, 6.07) is 6.88. The average Bonchev–Trinajstić information content (AvgIpc) is 2.41. The molecule has 1 heterocycles. The Hall–Kier alpha value is -1.00. The highest BCUT2D eigenvalue weighted by atomic mass is 35.5. The summed E-state index contributed by atoms with van der Waals surface area (Å²) in [5.74, 6) is 0.488. The molecule has 2 N–H and O–H groups in total. The van der Waals surface area contributed by atoms with Gasteiger partial charge in [-0.25, -0.2) is 0 Å². The monoisotopic (exact) mass is 316 g/mol. The summed E-state index contributed by atoms with van der Waals surface area (Å²) in [5.41, 5.74) is 7.29. The highest BCUT2D eigenvalue weighted by molar-refractivity contribution is 6.43. The van der Waals surface area contributed by atoms with E-state index in [9.17, 15) is 0 Å². The van der Waals surface area contributed by atoms with Gasteiger partial charge in [-0.15, -0.1) is 0 Å². The minimum atomic E-state index is 0.354. The van der Waals surface area contributed by atoms with Gasteiger partial charge >= 0.3 is 0 Å². The van der Waals surface area contributed by atoms with Gasteiger partial charge in [-0.2, -0.15) is 0 Å². The van der Waals surface area contributed by atoms with Crippen molar-refractivity contribution in [2.24, 2.45) is 5.73 Å². The quantitative estimate of drug-likeness (QED) is 0.864. The first kappa shape index (κ1) is 14.4. The van der Waals surface area contributed by atoms with E-state index in [0.29, 0.717) is 34.0 Å². The lowest BCUT2D eigenvalue weighted by Crippen LogP contribution is -2.02. The van der Waals surface area contributed by atoms with Gasteiger partial charge in [0.2, 0.25) is 0 Å². The largest absolute Gasteiger partial charge is 0.487 e. The minimum absolute atomic E-state index is 0.354. The Kier molecular flexibility index (Phi) is 4.88. The zero-order chi connectivity index (χ0) is 13.8. The van der Waals surface area contributed by atoms with E-state index in [0.717, 1.165) is 11.3 Å². The van der Waals surface area contributed by atoms with Crippen LogP contribution in [0.15, 0.2) is 30.5 Å². The molecule has 100 valence electrons. The van der Waals surface area contributed by atoms with Crippen LogP contribution in [0.25, 0.3) is 0 Å². The molecular formula is C13H11Cl3N2O. The van der Waals surface area contributed by atoms with Crippen molar-refractivity contribution in [2.45, 2.75) is 13.2 Å². The fraction of sp³-hybridized carbons (Fsp3) is 0.154. The third-order valence-electron chi connectivity index (χ3n) is 2.46. The molecule has 0 atom stereocenters. The predicted octanol–water partition coefficient (Wildman–Crippen LogP) is 4.08. The molecule has 0 fully saturated rings. The molecule has 1 aromatic carbocycles. The van der Waals surface area contributed by atoms with E-state index < -0.39 is 0 Å². The third-order valence-corrected chi connectivity index (χ3v) is 3.48. The molecular weight excluding hydrogens is 307 g/mol. The lowest BCUT2D eigenvalue weighted by atomic mass is 10.2. The number of nitrogens with two attached hydrogens (primary N) is 1. The number of hydrogen-bond acceptors (Lipinski definition) is 3. The SMILES string of the molecule is NCc1cc(COc2cc(Cl)c(Cl)cc2Cl)ccn1. The summed E-state index contributed by atoms with van der Waals surface area (Å²) < 4.78 is 5.61.